The first-order valence-electron chi connectivity index (χ1n) is 7.73. The smallest absolute Gasteiger partial charge is 0.0236 e. The average molecular weight is 260 g/mol. The van der Waals surface area contributed by atoms with Crippen LogP contribution in [0.15, 0.2) is 18.2 Å². The molecule has 1 atom stereocenters. The Hall–Kier alpha value is -0.860. The zero-order chi connectivity index (χ0) is 13.7. The van der Waals surface area contributed by atoms with Gasteiger partial charge in [-0.15, -0.1) is 0 Å². The summed E-state index contributed by atoms with van der Waals surface area (Å²) in [5.41, 5.74) is 9.79. The van der Waals surface area contributed by atoms with Gasteiger partial charge >= 0.3 is 0 Å². The van der Waals surface area contributed by atoms with Gasteiger partial charge < -0.3 is 5.73 Å². The molecule has 1 aliphatic rings. The third-order valence-corrected chi connectivity index (χ3v) is 4.55. The summed E-state index contributed by atoms with van der Waals surface area (Å²) in [6.45, 7) is 8.80. The van der Waals surface area contributed by atoms with E-state index in [0.717, 1.165) is 12.5 Å². The van der Waals surface area contributed by atoms with E-state index in [2.05, 4.69) is 36.9 Å². The van der Waals surface area contributed by atoms with Gasteiger partial charge in [-0.1, -0.05) is 31.5 Å². The van der Waals surface area contributed by atoms with Gasteiger partial charge in [-0.3, -0.25) is 4.90 Å². The summed E-state index contributed by atoms with van der Waals surface area (Å²) in [5, 5.41) is 0. The van der Waals surface area contributed by atoms with Crippen molar-refractivity contribution in [2.75, 3.05) is 13.1 Å². The van der Waals surface area contributed by atoms with Gasteiger partial charge in [0.1, 0.15) is 0 Å². The van der Waals surface area contributed by atoms with E-state index in [0.29, 0.717) is 6.54 Å². The fourth-order valence-corrected chi connectivity index (χ4v) is 3.09. The van der Waals surface area contributed by atoms with E-state index in [4.69, 9.17) is 5.73 Å². The molecule has 1 aromatic rings. The maximum atomic E-state index is 5.69. The highest BCUT2D eigenvalue weighted by Crippen LogP contribution is 2.22. The Balaban J connectivity index is 1.97. The molecule has 2 nitrogen and oxygen atoms in total. The summed E-state index contributed by atoms with van der Waals surface area (Å²) in [6.07, 6.45) is 5.49. The van der Waals surface area contributed by atoms with Crippen molar-refractivity contribution in [1.82, 2.24) is 4.90 Å². The molecule has 1 unspecified atom stereocenters. The summed E-state index contributed by atoms with van der Waals surface area (Å²) in [4.78, 5) is 2.63. The number of benzene rings is 1. The molecule has 1 aliphatic heterocycles. The van der Waals surface area contributed by atoms with Crippen molar-refractivity contribution in [2.45, 2.75) is 52.6 Å². The first kappa shape index (κ1) is 14.5. The maximum absolute atomic E-state index is 5.69. The highest BCUT2D eigenvalue weighted by molar-refractivity contribution is 5.31. The molecule has 0 bridgehead atoms. The quantitative estimate of drug-likeness (QED) is 0.898. The minimum Gasteiger partial charge on any atom is -0.326 e. The first-order chi connectivity index (χ1) is 9.22. The van der Waals surface area contributed by atoms with Crippen LogP contribution in [-0.2, 0) is 13.1 Å². The lowest BCUT2D eigenvalue weighted by Gasteiger charge is -2.21. The fourth-order valence-electron chi connectivity index (χ4n) is 3.09. The summed E-state index contributed by atoms with van der Waals surface area (Å²) in [6, 6.07) is 6.68. The van der Waals surface area contributed by atoms with Crippen molar-refractivity contribution in [3.8, 4) is 0 Å². The number of nitrogens with zero attached hydrogens (tertiary/aromatic N) is 1. The molecule has 0 radical (unpaired) electrons. The second-order valence-electron chi connectivity index (χ2n) is 5.95. The van der Waals surface area contributed by atoms with E-state index >= 15 is 0 Å². The molecule has 2 N–H and O–H groups in total. The molecule has 0 aliphatic carbocycles. The Morgan fingerprint density at radius 3 is 2.79 bits per heavy atom. The SMILES string of the molecule is CCC1CCCN(Cc2ccc(CN)cc2C)CC1. The van der Waals surface area contributed by atoms with Crippen molar-refractivity contribution in [3.05, 3.63) is 34.9 Å². The van der Waals surface area contributed by atoms with E-state index in [9.17, 15) is 0 Å². The van der Waals surface area contributed by atoms with Crippen molar-refractivity contribution in [2.24, 2.45) is 11.7 Å². The van der Waals surface area contributed by atoms with Crippen LogP contribution in [0.4, 0.5) is 0 Å². The van der Waals surface area contributed by atoms with Gasteiger partial charge in [-0.25, -0.2) is 0 Å². The minimum atomic E-state index is 0.642. The minimum absolute atomic E-state index is 0.642. The summed E-state index contributed by atoms with van der Waals surface area (Å²) >= 11 is 0. The molecule has 1 saturated heterocycles. The summed E-state index contributed by atoms with van der Waals surface area (Å²) in [5.74, 6) is 0.950. The molecule has 2 rings (SSSR count). The van der Waals surface area contributed by atoms with Crippen LogP contribution in [0.5, 0.6) is 0 Å². The first-order valence-corrected chi connectivity index (χ1v) is 7.73. The van der Waals surface area contributed by atoms with Crippen LogP contribution in [0.1, 0.15) is 49.3 Å². The number of hydrogen-bond acceptors (Lipinski definition) is 2. The Bertz CT molecular complexity index is 400. The monoisotopic (exact) mass is 260 g/mol. The van der Waals surface area contributed by atoms with E-state index < -0.39 is 0 Å². The molecular weight excluding hydrogens is 232 g/mol. The zero-order valence-electron chi connectivity index (χ0n) is 12.5. The summed E-state index contributed by atoms with van der Waals surface area (Å²) in [7, 11) is 0. The van der Waals surface area contributed by atoms with Gasteiger partial charge in [-0.2, -0.15) is 0 Å². The van der Waals surface area contributed by atoms with Crippen LogP contribution in [0.2, 0.25) is 0 Å². The van der Waals surface area contributed by atoms with Gasteiger partial charge in [0.15, 0.2) is 0 Å². The second-order valence-corrected chi connectivity index (χ2v) is 5.95. The Morgan fingerprint density at radius 2 is 2.11 bits per heavy atom. The van der Waals surface area contributed by atoms with Gasteiger partial charge in [0.05, 0.1) is 0 Å². The Labute approximate surface area is 118 Å². The molecule has 106 valence electrons. The lowest BCUT2D eigenvalue weighted by molar-refractivity contribution is 0.271. The van der Waals surface area contributed by atoms with Gasteiger partial charge in [0.25, 0.3) is 0 Å². The highest BCUT2D eigenvalue weighted by Gasteiger charge is 2.16. The fraction of sp³-hybridized carbons (Fsp3) is 0.647. The number of rotatable bonds is 4. The number of likely N-dealkylation sites (tertiary alicyclic amines) is 1. The Morgan fingerprint density at radius 1 is 1.26 bits per heavy atom. The van der Waals surface area contributed by atoms with Crippen LogP contribution in [-0.4, -0.2) is 18.0 Å². The second kappa shape index (κ2) is 7.06. The van der Waals surface area contributed by atoms with Crippen molar-refractivity contribution in [1.29, 1.82) is 0 Å². The lowest BCUT2D eigenvalue weighted by atomic mass is 9.98. The van der Waals surface area contributed by atoms with Crippen molar-refractivity contribution < 1.29 is 0 Å². The van der Waals surface area contributed by atoms with Gasteiger partial charge in [-0.05, 0) is 61.9 Å². The lowest BCUT2D eigenvalue weighted by Crippen LogP contribution is -2.24. The molecular formula is C17H28N2. The molecule has 0 spiro atoms. The molecule has 19 heavy (non-hydrogen) atoms. The van der Waals surface area contributed by atoms with Gasteiger partial charge in [0.2, 0.25) is 0 Å². The standard InChI is InChI=1S/C17H28N2/c1-3-15-5-4-9-19(10-8-15)13-17-7-6-16(12-18)11-14(17)2/h6-7,11,15H,3-5,8-10,12-13,18H2,1-2H3. The maximum Gasteiger partial charge on any atom is 0.0236 e. The van der Waals surface area contributed by atoms with Gasteiger partial charge in [0, 0.05) is 13.1 Å². The molecule has 1 heterocycles. The van der Waals surface area contributed by atoms with Crippen LogP contribution >= 0.6 is 0 Å². The van der Waals surface area contributed by atoms with E-state index in [1.807, 2.05) is 0 Å². The zero-order valence-corrected chi connectivity index (χ0v) is 12.5. The van der Waals surface area contributed by atoms with Crippen molar-refractivity contribution >= 4 is 0 Å². The van der Waals surface area contributed by atoms with E-state index in [1.54, 1.807) is 0 Å². The number of aryl methyl sites for hydroxylation is 1. The van der Waals surface area contributed by atoms with Crippen LogP contribution in [0.3, 0.4) is 0 Å². The number of nitrogens with two attached hydrogens (primary N) is 1. The summed E-state index contributed by atoms with van der Waals surface area (Å²) < 4.78 is 0. The average Bonchev–Trinajstić information content (AvgIpc) is 2.66. The molecule has 1 aromatic carbocycles. The van der Waals surface area contributed by atoms with Crippen LogP contribution < -0.4 is 5.73 Å². The number of hydrogen-bond donors (Lipinski definition) is 1. The predicted octanol–water partition coefficient (Wildman–Crippen LogP) is 3.47. The molecule has 0 amide bonds. The van der Waals surface area contributed by atoms with Crippen LogP contribution in [0.25, 0.3) is 0 Å². The normalized spacial score (nSPS) is 21.3. The predicted molar refractivity (Wildman–Crippen MR) is 82.0 cm³/mol. The third kappa shape index (κ3) is 4.05. The molecule has 0 saturated carbocycles. The van der Waals surface area contributed by atoms with E-state index in [-0.39, 0.29) is 0 Å². The molecule has 0 aromatic heterocycles. The Kier molecular flexibility index (Phi) is 5.41. The molecule has 2 heteroatoms. The van der Waals surface area contributed by atoms with Crippen molar-refractivity contribution in [3.63, 3.8) is 0 Å². The highest BCUT2D eigenvalue weighted by atomic mass is 15.1. The topological polar surface area (TPSA) is 29.3 Å². The largest absolute Gasteiger partial charge is 0.326 e. The molecule has 1 fully saturated rings. The van der Waals surface area contributed by atoms with E-state index in [1.165, 1.54) is 55.5 Å². The van der Waals surface area contributed by atoms with Crippen LogP contribution in [0, 0.1) is 12.8 Å². The third-order valence-electron chi connectivity index (χ3n) is 4.55.